The number of hydrogen-bond acceptors (Lipinski definition) is 3. The molecule has 6 heteroatoms. The Balaban J connectivity index is 1.70. The van der Waals surface area contributed by atoms with Crippen LogP contribution in [0.25, 0.3) is 0 Å². The zero-order chi connectivity index (χ0) is 20.5. The highest BCUT2D eigenvalue weighted by atomic mass is 16.2. The second kappa shape index (κ2) is 11.1. The van der Waals surface area contributed by atoms with E-state index in [9.17, 15) is 4.79 Å². The molecular weight excluding hydrogens is 350 g/mol. The summed E-state index contributed by atoms with van der Waals surface area (Å²) in [6.45, 7) is 8.00. The summed E-state index contributed by atoms with van der Waals surface area (Å²) in [5.74, 6) is 1.48. The van der Waals surface area contributed by atoms with Gasteiger partial charge >= 0.3 is 0 Å². The molecule has 28 heavy (non-hydrogen) atoms. The van der Waals surface area contributed by atoms with Crippen molar-refractivity contribution in [2.45, 2.75) is 45.1 Å². The number of amides is 1. The molecule has 1 aliphatic rings. The number of likely N-dealkylation sites (N-methyl/N-ethyl adjacent to an activating group) is 1. The smallest absolute Gasteiger partial charge is 0.239 e. The van der Waals surface area contributed by atoms with Crippen LogP contribution in [-0.4, -0.2) is 75.0 Å². The van der Waals surface area contributed by atoms with Crippen LogP contribution in [0.4, 0.5) is 0 Å². The second-order valence-electron chi connectivity index (χ2n) is 7.98. The van der Waals surface area contributed by atoms with Crippen LogP contribution >= 0.6 is 0 Å². The van der Waals surface area contributed by atoms with E-state index in [4.69, 9.17) is 0 Å². The van der Waals surface area contributed by atoms with Crippen molar-refractivity contribution in [3.8, 4) is 0 Å². The Bertz CT molecular complexity index is 658. The molecule has 0 spiro atoms. The van der Waals surface area contributed by atoms with Gasteiger partial charge in [-0.3, -0.25) is 14.7 Å². The minimum Gasteiger partial charge on any atom is -0.356 e. The summed E-state index contributed by atoms with van der Waals surface area (Å²) in [5.41, 5.74) is 2.63. The number of carbonyl (C=O) groups excluding carboxylic acids is 1. The lowest BCUT2D eigenvalue weighted by atomic mass is 9.99. The van der Waals surface area contributed by atoms with E-state index in [0.717, 1.165) is 51.4 Å². The van der Waals surface area contributed by atoms with Crippen LogP contribution in [0.15, 0.2) is 29.3 Å². The zero-order valence-corrected chi connectivity index (χ0v) is 18.2. The molecule has 2 unspecified atom stereocenters. The number of aliphatic imine (C=N–C) groups is 1. The lowest BCUT2D eigenvalue weighted by molar-refractivity contribution is -0.133. The molecule has 2 rings (SSSR count). The Morgan fingerprint density at radius 3 is 2.82 bits per heavy atom. The Morgan fingerprint density at radius 1 is 1.36 bits per heavy atom. The van der Waals surface area contributed by atoms with Crippen molar-refractivity contribution >= 4 is 11.9 Å². The number of nitrogens with zero attached hydrogens (tertiary/aromatic N) is 3. The number of aryl methyl sites for hydroxylation is 1. The summed E-state index contributed by atoms with van der Waals surface area (Å²) in [6, 6.07) is 8.71. The average molecular weight is 388 g/mol. The molecule has 1 fully saturated rings. The van der Waals surface area contributed by atoms with Gasteiger partial charge in [0.15, 0.2) is 5.96 Å². The van der Waals surface area contributed by atoms with Crippen LogP contribution in [0.2, 0.25) is 0 Å². The van der Waals surface area contributed by atoms with Gasteiger partial charge in [-0.25, -0.2) is 0 Å². The maximum Gasteiger partial charge on any atom is 0.239 e. The summed E-state index contributed by atoms with van der Waals surface area (Å²) >= 11 is 0. The molecule has 0 saturated carbocycles. The van der Waals surface area contributed by atoms with Gasteiger partial charge in [0.1, 0.15) is 0 Å². The van der Waals surface area contributed by atoms with Gasteiger partial charge in [-0.05, 0) is 44.2 Å². The topological polar surface area (TPSA) is 60.0 Å². The molecule has 1 amide bonds. The summed E-state index contributed by atoms with van der Waals surface area (Å²) in [5, 5.41) is 6.82. The Morgan fingerprint density at radius 2 is 2.14 bits per heavy atom. The third-order valence-corrected chi connectivity index (χ3v) is 5.41. The number of benzene rings is 1. The van der Waals surface area contributed by atoms with Crippen molar-refractivity contribution in [1.29, 1.82) is 0 Å². The normalized spacial score (nSPS) is 18.8. The van der Waals surface area contributed by atoms with Gasteiger partial charge in [-0.2, -0.15) is 0 Å². The Kier molecular flexibility index (Phi) is 8.77. The lowest BCUT2D eigenvalue weighted by Crippen LogP contribution is -2.44. The van der Waals surface area contributed by atoms with Crippen LogP contribution in [0.5, 0.6) is 0 Å². The van der Waals surface area contributed by atoms with E-state index in [1.165, 1.54) is 11.1 Å². The molecule has 2 N–H and O–H groups in total. The molecule has 1 aromatic carbocycles. The number of nitrogens with one attached hydrogen (secondary N) is 2. The van der Waals surface area contributed by atoms with Crippen LogP contribution < -0.4 is 10.6 Å². The zero-order valence-electron chi connectivity index (χ0n) is 18.2. The second-order valence-corrected chi connectivity index (χ2v) is 7.98. The van der Waals surface area contributed by atoms with E-state index >= 15 is 0 Å². The highest BCUT2D eigenvalue weighted by Crippen LogP contribution is 2.18. The predicted molar refractivity (Wildman–Crippen MR) is 117 cm³/mol. The van der Waals surface area contributed by atoms with Gasteiger partial charge in [0.2, 0.25) is 5.91 Å². The molecule has 1 heterocycles. The van der Waals surface area contributed by atoms with Gasteiger partial charge in [-0.1, -0.05) is 36.8 Å². The molecule has 0 bridgehead atoms. The fourth-order valence-electron chi connectivity index (χ4n) is 3.73. The Hall–Kier alpha value is -2.08. The van der Waals surface area contributed by atoms with Crippen molar-refractivity contribution < 1.29 is 4.79 Å². The SMILES string of the molecule is CN=C(NCCCN1CCCC1C(=O)N(C)C)NCC(C)c1cccc(C)c1. The van der Waals surface area contributed by atoms with Crippen LogP contribution in [-0.2, 0) is 4.79 Å². The number of rotatable bonds is 8. The number of likely N-dealkylation sites (tertiary alicyclic amines) is 1. The fourth-order valence-corrected chi connectivity index (χ4v) is 3.73. The lowest BCUT2D eigenvalue weighted by Gasteiger charge is -2.26. The maximum absolute atomic E-state index is 12.3. The van der Waals surface area contributed by atoms with Crippen molar-refractivity contribution in [2.75, 3.05) is 47.3 Å². The largest absolute Gasteiger partial charge is 0.356 e. The summed E-state index contributed by atoms with van der Waals surface area (Å²) in [4.78, 5) is 20.6. The molecule has 6 nitrogen and oxygen atoms in total. The Labute approximate surface area is 170 Å². The minimum atomic E-state index is 0.0580. The van der Waals surface area contributed by atoms with Crippen LogP contribution in [0.3, 0.4) is 0 Å². The minimum absolute atomic E-state index is 0.0580. The molecule has 1 saturated heterocycles. The standard InChI is InChI=1S/C22H37N5O/c1-17-9-6-10-19(15-17)18(2)16-25-22(23-3)24-12-8-14-27-13-7-11-20(27)21(28)26(4)5/h6,9-10,15,18,20H,7-8,11-14,16H2,1-5H3,(H2,23,24,25). The highest BCUT2D eigenvalue weighted by Gasteiger charge is 2.30. The summed E-state index contributed by atoms with van der Waals surface area (Å²) in [6.07, 6.45) is 3.08. The summed E-state index contributed by atoms with van der Waals surface area (Å²) < 4.78 is 0. The van der Waals surface area contributed by atoms with Gasteiger partial charge < -0.3 is 15.5 Å². The van der Waals surface area contributed by atoms with E-state index < -0.39 is 0 Å². The monoisotopic (exact) mass is 387 g/mol. The van der Waals surface area contributed by atoms with E-state index in [0.29, 0.717) is 5.92 Å². The third-order valence-electron chi connectivity index (χ3n) is 5.41. The van der Waals surface area contributed by atoms with Crippen molar-refractivity contribution in [3.63, 3.8) is 0 Å². The summed E-state index contributed by atoms with van der Waals surface area (Å²) in [7, 11) is 5.49. The molecule has 0 aromatic heterocycles. The average Bonchev–Trinajstić information content (AvgIpc) is 3.14. The molecule has 1 aromatic rings. The first-order valence-electron chi connectivity index (χ1n) is 10.4. The maximum atomic E-state index is 12.3. The van der Waals surface area contributed by atoms with Crippen LogP contribution in [0.1, 0.15) is 43.2 Å². The third kappa shape index (κ3) is 6.51. The van der Waals surface area contributed by atoms with E-state index in [2.05, 4.69) is 58.6 Å². The highest BCUT2D eigenvalue weighted by molar-refractivity contribution is 5.81. The van der Waals surface area contributed by atoms with Crippen LogP contribution in [0, 0.1) is 6.92 Å². The molecular formula is C22H37N5O. The number of carbonyl (C=O) groups is 1. The molecule has 156 valence electrons. The van der Waals surface area contributed by atoms with E-state index in [1.807, 2.05) is 14.1 Å². The number of hydrogen-bond donors (Lipinski definition) is 2. The first kappa shape index (κ1) is 22.2. The van der Waals surface area contributed by atoms with Gasteiger partial charge in [0.25, 0.3) is 0 Å². The predicted octanol–water partition coefficient (Wildman–Crippen LogP) is 2.21. The molecule has 0 radical (unpaired) electrons. The van der Waals surface area contributed by atoms with Crippen molar-refractivity contribution in [2.24, 2.45) is 4.99 Å². The van der Waals surface area contributed by atoms with Gasteiger partial charge in [-0.15, -0.1) is 0 Å². The van der Waals surface area contributed by atoms with Crippen molar-refractivity contribution in [1.82, 2.24) is 20.4 Å². The molecule has 2 atom stereocenters. The van der Waals surface area contributed by atoms with Gasteiger partial charge in [0, 0.05) is 40.8 Å². The first-order chi connectivity index (χ1) is 13.4. The van der Waals surface area contributed by atoms with Gasteiger partial charge in [0.05, 0.1) is 6.04 Å². The molecule has 0 aliphatic carbocycles. The number of guanidine groups is 1. The van der Waals surface area contributed by atoms with E-state index in [-0.39, 0.29) is 11.9 Å². The fraction of sp³-hybridized carbons (Fsp3) is 0.636. The quantitative estimate of drug-likeness (QED) is 0.408. The van der Waals surface area contributed by atoms with Crippen molar-refractivity contribution in [3.05, 3.63) is 35.4 Å². The first-order valence-corrected chi connectivity index (χ1v) is 10.4. The van der Waals surface area contributed by atoms with E-state index in [1.54, 1.807) is 11.9 Å². The molecule has 1 aliphatic heterocycles.